The summed E-state index contributed by atoms with van der Waals surface area (Å²) in [5.41, 5.74) is 3.82. The lowest BCUT2D eigenvalue weighted by atomic mass is 9.97. The molecule has 0 aliphatic heterocycles. The molecular weight excluding hydrogens is 476 g/mol. The molecule has 2 aromatic carbocycles. The zero-order chi connectivity index (χ0) is 22.9. The third-order valence-corrected chi connectivity index (χ3v) is 5.45. The number of rotatable bonds is 4. The van der Waals surface area contributed by atoms with E-state index >= 15 is 0 Å². The molecule has 4 aromatic rings. The second kappa shape index (κ2) is 8.64. The fraction of sp³-hybridized carbons (Fsp3) is 0.160. The number of Topliss-reactive ketones (excluding diaryl/α,β-unsaturated/α-hetero) is 1. The molecule has 4 nitrogen and oxygen atoms in total. The molecule has 0 spiro atoms. The van der Waals surface area contributed by atoms with Crippen LogP contribution in [-0.2, 0) is 12.3 Å². The third kappa shape index (κ3) is 4.76. The monoisotopic (exact) mass is 493 g/mol. The molecular formula is C25H18BrF2N3O. The molecule has 0 atom stereocenters. The van der Waals surface area contributed by atoms with Crippen molar-refractivity contribution < 1.29 is 13.6 Å². The van der Waals surface area contributed by atoms with Crippen molar-refractivity contribution in [3.63, 3.8) is 0 Å². The Bertz CT molecular complexity index is 1390. The molecule has 0 unspecified atom stereocenters. The number of carbonyl (C=O) groups is 1. The van der Waals surface area contributed by atoms with Crippen molar-refractivity contribution in [2.45, 2.75) is 26.2 Å². The van der Waals surface area contributed by atoms with Crippen LogP contribution in [0.25, 0.3) is 5.65 Å². The molecule has 0 aliphatic carbocycles. The van der Waals surface area contributed by atoms with E-state index in [9.17, 15) is 13.6 Å². The summed E-state index contributed by atoms with van der Waals surface area (Å²) in [5.74, 6) is 3.00. The molecule has 0 amide bonds. The maximum Gasteiger partial charge on any atom is 0.270 e. The Hall–Kier alpha value is -3.37. The first-order chi connectivity index (χ1) is 15.2. The normalized spacial score (nSPS) is 11.3. The zero-order valence-electron chi connectivity index (χ0n) is 17.4. The Morgan fingerprint density at radius 3 is 2.75 bits per heavy atom. The van der Waals surface area contributed by atoms with Crippen LogP contribution in [0.4, 0.5) is 8.78 Å². The Morgan fingerprint density at radius 2 is 1.97 bits per heavy atom. The number of halogens is 3. The van der Waals surface area contributed by atoms with Gasteiger partial charge in [0.2, 0.25) is 0 Å². The average molecular weight is 494 g/mol. The van der Waals surface area contributed by atoms with Crippen molar-refractivity contribution in [1.29, 1.82) is 0 Å². The molecule has 0 bridgehead atoms. The van der Waals surface area contributed by atoms with Gasteiger partial charge in [-0.3, -0.25) is 4.79 Å². The van der Waals surface area contributed by atoms with Gasteiger partial charge in [0.15, 0.2) is 11.4 Å². The van der Waals surface area contributed by atoms with Crippen molar-refractivity contribution in [3.8, 4) is 11.8 Å². The SMILES string of the molecule is Cc1ccc(C(=O)Cc2cc(Br)cc(C(C)(F)F)c2)cc1C#Cc1cnc2cccnn12. The van der Waals surface area contributed by atoms with E-state index < -0.39 is 5.92 Å². The Balaban J connectivity index is 1.61. The number of ketones is 1. The minimum atomic E-state index is -2.99. The van der Waals surface area contributed by atoms with Crippen LogP contribution >= 0.6 is 15.9 Å². The molecule has 0 fully saturated rings. The first-order valence-corrected chi connectivity index (χ1v) is 10.6. The van der Waals surface area contributed by atoms with E-state index in [1.54, 1.807) is 41.2 Å². The lowest BCUT2D eigenvalue weighted by molar-refractivity contribution is 0.0173. The number of aryl methyl sites for hydroxylation is 1. The number of carbonyl (C=O) groups excluding carboxylic acids is 1. The van der Waals surface area contributed by atoms with Crippen molar-refractivity contribution in [3.05, 3.63) is 98.9 Å². The summed E-state index contributed by atoms with van der Waals surface area (Å²) in [7, 11) is 0. The molecule has 4 rings (SSSR count). The van der Waals surface area contributed by atoms with Crippen molar-refractivity contribution in [2.24, 2.45) is 0 Å². The van der Waals surface area contributed by atoms with Gasteiger partial charge in [-0.25, -0.2) is 18.3 Å². The van der Waals surface area contributed by atoms with Crippen molar-refractivity contribution in [1.82, 2.24) is 14.6 Å². The maximum absolute atomic E-state index is 13.7. The fourth-order valence-corrected chi connectivity index (χ4v) is 3.81. The first-order valence-electron chi connectivity index (χ1n) is 9.83. The summed E-state index contributed by atoms with van der Waals surface area (Å²) in [6.45, 7) is 2.75. The van der Waals surface area contributed by atoms with Crippen LogP contribution in [0.1, 0.15) is 45.2 Å². The second-order valence-electron chi connectivity index (χ2n) is 7.55. The van der Waals surface area contributed by atoms with Crippen LogP contribution < -0.4 is 0 Å². The minimum absolute atomic E-state index is 0.00955. The molecule has 2 heterocycles. The highest BCUT2D eigenvalue weighted by atomic mass is 79.9. The predicted molar refractivity (Wildman–Crippen MR) is 122 cm³/mol. The van der Waals surface area contributed by atoms with Gasteiger partial charge < -0.3 is 0 Å². The number of alkyl halides is 2. The quantitative estimate of drug-likeness (QED) is 0.269. The number of aromatic nitrogens is 3. The van der Waals surface area contributed by atoms with Crippen LogP contribution in [-0.4, -0.2) is 20.4 Å². The number of fused-ring (bicyclic) bond motifs is 1. The zero-order valence-corrected chi connectivity index (χ0v) is 19.0. The summed E-state index contributed by atoms with van der Waals surface area (Å²) < 4.78 is 29.6. The highest BCUT2D eigenvalue weighted by Gasteiger charge is 2.25. The Kier molecular flexibility index (Phi) is 5.90. The van der Waals surface area contributed by atoms with E-state index in [1.165, 1.54) is 12.1 Å². The van der Waals surface area contributed by atoms with E-state index in [-0.39, 0.29) is 17.8 Å². The summed E-state index contributed by atoms with van der Waals surface area (Å²) in [6.07, 6.45) is 3.32. The molecule has 2 aromatic heterocycles. The summed E-state index contributed by atoms with van der Waals surface area (Å²) in [4.78, 5) is 17.1. The molecule has 0 saturated carbocycles. The van der Waals surface area contributed by atoms with Gasteiger partial charge >= 0.3 is 0 Å². The smallest absolute Gasteiger partial charge is 0.270 e. The van der Waals surface area contributed by atoms with Crippen LogP contribution in [0, 0.1) is 18.8 Å². The Labute approximate surface area is 192 Å². The number of hydrogen-bond donors (Lipinski definition) is 0. The summed E-state index contributed by atoms with van der Waals surface area (Å²) in [5, 5.41) is 4.24. The summed E-state index contributed by atoms with van der Waals surface area (Å²) in [6, 6.07) is 13.3. The van der Waals surface area contributed by atoms with Gasteiger partial charge in [0.25, 0.3) is 5.92 Å². The van der Waals surface area contributed by atoms with Gasteiger partial charge in [0.1, 0.15) is 5.69 Å². The van der Waals surface area contributed by atoms with Gasteiger partial charge in [0.05, 0.1) is 6.20 Å². The molecule has 0 saturated heterocycles. The summed E-state index contributed by atoms with van der Waals surface area (Å²) >= 11 is 3.25. The lowest BCUT2D eigenvalue weighted by Crippen LogP contribution is -2.09. The van der Waals surface area contributed by atoms with Gasteiger partial charge in [-0.15, -0.1) is 0 Å². The van der Waals surface area contributed by atoms with Gasteiger partial charge in [-0.1, -0.05) is 34.0 Å². The Morgan fingerprint density at radius 1 is 1.16 bits per heavy atom. The van der Waals surface area contributed by atoms with E-state index in [0.717, 1.165) is 12.5 Å². The number of benzene rings is 2. The van der Waals surface area contributed by atoms with Crippen LogP contribution in [0.2, 0.25) is 0 Å². The highest BCUT2D eigenvalue weighted by Crippen LogP contribution is 2.30. The average Bonchev–Trinajstić information content (AvgIpc) is 3.15. The predicted octanol–water partition coefficient (Wildman–Crippen LogP) is 5.74. The number of nitrogens with zero attached hydrogens (tertiary/aromatic N) is 3. The molecule has 0 radical (unpaired) electrons. The first kappa shape index (κ1) is 21.8. The van der Waals surface area contributed by atoms with Crippen molar-refractivity contribution >= 4 is 27.4 Å². The van der Waals surface area contributed by atoms with E-state index in [4.69, 9.17) is 0 Å². The highest BCUT2D eigenvalue weighted by molar-refractivity contribution is 9.10. The topological polar surface area (TPSA) is 47.3 Å². The standard InChI is InChI=1S/C25H18BrF2N3O/c1-16-5-6-19(23(32)12-17-10-20(25(2,27)28)14-21(26)11-17)13-18(16)7-8-22-15-29-24-4-3-9-30-31(22)24/h3-6,9-11,13-15H,12H2,1-2H3. The minimum Gasteiger partial charge on any atom is -0.294 e. The fourth-order valence-electron chi connectivity index (χ4n) is 3.27. The van der Waals surface area contributed by atoms with Gasteiger partial charge in [0, 0.05) is 40.7 Å². The van der Waals surface area contributed by atoms with E-state index in [2.05, 4.69) is 37.9 Å². The lowest BCUT2D eigenvalue weighted by Gasteiger charge is -2.13. The van der Waals surface area contributed by atoms with E-state index in [1.807, 2.05) is 19.1 Å². The number of imidazole rings is 1. The third-order valence-electron chi connectivity index (χ3n) is 4.99. The largest absolute Gasteiger partial charge is 0.294 e. The van der Waals surface area contributed by atoms with Crippen molar-refractivity contribution in [2.75, 3.05) is 0 Å². The molecule has 7 heteroatoms. The molecule has 0 N–H and O–H groups in total. The molecule has 160 valence electrons. The number of hydrogen-bond acceptors (Lipinski definition) is 3. The van der Waals surface area contributed by atoms with Crippen LogP contribution in [0.5, 0.6) is 0 Å². The van der Waals surface area contributed by atoms with Crippen LogP contribution in [0.15, 0.2) is 65.4 Å². The van der Waals surface area contributed by atoms with Crippen LogP contribution in [0.3, 0.4) is 0 Å². The van der Waals surface area contributed by atoms with Gasteiger partial charge in [-0.05, 0) is 60.4 Å². The maximum atomic E-state index is 13.7. The molecule has 32 heavy (non-hydrogen) atoms. The second-order valence-corrected chi connectivity index (χ2v) is 8.47. The van der Waals surface area contributed by atoms with E-state index in [0.29, 0.717) is 32.5 Å². The van der Waals surface area contributed by atoms with Gasteiger partial charge in [-0.2, -0.15) is 5.10 Å². The molecule has 0 aliphatic rings.